The predicted octanol–water partition coefficient (Wildman–Crippen LogP) is 3.20. The van der Waals surface area contributed by atoms with Gasteiger partial charge in [0.2, 0.25) is 5.95 Å². The first kappa shape index (κ1) is 19.0. The van der Waals surface area contributed by atoms with Crippen LogP contribution in [0.1, 0.15) is 34.2 Å². The van der Waals surface area contributed by atoms with E-state index in [9.17, 15) is 4.79 Å². The Morgan fingerprint density at radius 3 is 2.81 bits per heavy atom. The SMILES string of the molecule is Cc1cnc(Nc2ccnn2C)nc1-c1coc(C(=O)N[C@H]2C[C@@H]2c2ccccc2)n1. The first-order valence-corrected chi connectivity index (χ1v) is 9.99. The van der Waals surface area contributed by atoms with E-state index in [1.165, 1.54) is 11.8 Å². The Labute approximate surface area is 178 Å². The highest BCUT2D eigenvalue weighted by atomic mass is 16.4. The molecule has 1 fully saturated rings. The molecule has 4 aromatic rings. The molecule has 1 saturated carbocycles. The molecule has 9 heteroatoms. The maximum Gasteiger partial charge on any atom is 0.307 e. The molecule has 2 atom stereocenters. The van der Waals surface area contributed by atoms with E-state index in [4.69, 9.17) is 4.42 Å². The second-order valence-corrected chi connectivity index (χ2v) is 7.56. The molecule has 0 radical (unpaired) electrons. The van der Waals surface area contributed by atoms with Crippen LogP contribution in [0.25, 0.3) is 11.4 Å². The molecule has 0 unspecified atom stereocenters. The Morgan fingerprint density at radius 1 is 1.19 bits per heavy atom. The van der Waals surface area contributed by atoms with Gasteiger partial charge in [-0.25, -0.2) is 15.0 Å². The molecule has 1 aliphatic carbocycles. The summed E-state index contributed by atoms with van der Waals surface area (Å²) in [5.41, 5.74) is 3.12. The fraction of sp³-hybridized carbons (Fsp3) is 0.227. The van der Waals surface area contributed by atoms with E-state index in [2.05, 4.69) is 42.8 Å². The highest BCUT2D eigenvalue weighted by Crippen LogP contribution is 2.40. The highest BCUT2D eigenvalue weighted by molar-refractivity contribution is 5.90. The van der Waals surface area contributed by atoms with Gasteiger partial charge in [-0.05, 0) is 24.5 Å². The summed E-state index contributed by atoms with van der Waals surface area (Å²) < 4.78 is 7.13. The molecule has 0 aliphatic heterocycles. The van der Waals surface area contributed by atoms with E-state index in [0.717, 1.165) is 17.8 Å². The fourth-order valence-electron chi connectivity index (χ4n) is 3.51. The molecule has 0 bridgehead atoms. The molecule has 0 spiro atoms. The molecule has 1 amide bonds. The van der Waals surface area contributed by atoms with Crippen LogP contribution in [-0.2, 0) is 7.05 Å². The van der Waals surface area contributed by atoms with E-state index in [1.54, 1.807) is 17.1 Å². The third-order valence-corrected chi connectivity index (χ3v) is 5.31. The minimum Gasteiger partial charge on any atom is -0.440 e. The Bertz CT molecular complexity index is 1230. The minimum atomic E-state index is -0.324. The largest absolute Gasteiger partial charge is 0.440 e. The average molecular weight is 415 g/mol. The second-order valence-electron chi connectivity index (χ2n) is 7.56. The van der Waals surface area contributed by atoms with Crippen molar-refractivity contribution < 1.29 is 9.21 Å². The van der Waals surface area contributed by atoms with Crippen LogP contribution in [0.3, 0.4) is 0 Å². The summed E-state index contributed by atoms with van der Waals surface area (Å²) in [7, 11) is 1.82. The number of hydrogen-bond acceptors (Lipinski definition) is 7. The molecular formula is C22H21N7O2. The normalized spacial score (nSPS) is 17.4. The van der Waals surface area contributed by atoms with Crippen molar-refractivity contribution >= 4 is 17.7 Å². The van der Waals surface area contributed by atoms with Crippen molar-refractivity contribution in [3.8, 4) is 11.4 Å². The van der Waals surface area contributed by atoms with Gasteiger partial charge in [-0.3, -0.25) is 9.48 Å². The number of oxazole rings is 1. The van der Waals surface area contributed by atoms with Crippen molar-refractivity contribution in [3.63, 3.8) is 0 Å². The lowest BCUT2D eigenvalue weighted by atomic mass is 10.1. The zero-order valence-electron chi connectivity index (χ0n) is 17.1. The quantitative estimate of drug-likeness (QED) is 0.497. The van der Waals surface area contributed by atoms with Gasteiger partial charge in [-0.1, -0.05) is 30.3 Å². The topological polar surface area (TPSA) is 111 Å². The third kappa shape index (κ3) is 3.89. The Hall–Kier alpha value is -4.01. The lowest BCUT2D eigenvalue weighted by Gasteiger charge is -2.07. The molecule has 3 heterocycles. The average Bonchev–Trinajstić information content (AvgIpc) is 3.16. The number of aryl methyl sites for hydroxylation is 2. The van der Waals surface area contributed by atoms with Crippen LogP contribution in [-0.4, -0.2) is 36.7 Å². The zero-order valence-corrected chi connectivity index (χ0v) is 17.1. The van der Waals surface area contributed by atoms with Gasteiger partial charge in [-0.2, -0.15) is 5.10 Å². The van der Waals surface area contributed by atoms with Crippen LogP contribution >= 0.6 is 0 Å². The standard InChI is InChI=1S/C22H21N7O2/c1-13-11-23-22(27-18-8-9-24-29(18)2)28-19(13)17-12-31-21(26-17)20(30)25-16-10-15(16)14-6-4-3-5-7-14/h3-9,11-12,15-16H,10H2,1-2H3,(H,25,30)(H,23,27,28)/t15-,16+/m1/s1. The van der Waals surface area contributed by atoms with Crippen LogP contribution in [0.5, 0.6) is 0 Å². The number of carbonyl (C=O) groups is 1. The lowest BCUT2D eigenvalue weighted by Crippen LogP contribution is -2.26. The molecule has 156 valence electrons. The lowest BCUT2D eigenvalue weighted by molar-refractivity contribution is 0.0915. The van der Waals surface area contributed by atoms with E-state index < -0.39 is 0 Å². The molecule has 1 aromatic carbocycles. The number of amides is 1. The van der Waals surface area contributed by atoms with E-state index in [1.807, 2.05) is 38.2 Å². The van der Waals surface area contributed by atoms with Crippen LogP contribution in [0.4, 0.5) is 11.8 Å². The number of nitrogens with one attached hydrogen (secondary N) is 2. The maximum atomic E-state index is 12.6. The van der Waals surface area contributed by atoms with Crippen LogP contribution in [0.2, 0.25) is 0 Å². The smallest absolute Gasteiger partial charge is 0.307 e. The first-order valence-electron chi connectivity index (χ1n) is 9.99. The van der Waals surface area contributed by atoms with Gasteiger partial charge in [0.1, 0.15) is 23.5 Å². The van der Waals surface area contributed by atoms with Crippen molar-refractivity contribution in [1.82, 2.24) is 30.0 Å². The number of nitrogens with zero attached hydrogens (tertiary/aromatic N) is 5. The number of hydrogen-bond donors (Lipinski definition) is 2. The van der Waals surface area contributed by atoms with E-state index in [-0.39, 0.29) is 17.8 Å². The van der Waals surface area contributed by atoms with Gasteiger partial charge < -0.3 is 15.1 Å². The maximum absolute atomic E-state index is 12.6. The van der Waals surface area contributed by atoms with Crippen LogP contribution in [0.15, 0.2) is 59.5 Å². The third-order valence-electron chi connectivity index (χ3n) is 5.31. The number of aromatic nitrogens is 5. The summed E-state index contributed by atoms with van der Waals surface area (Å²) in [6.07, 6.45) is 5.74. The summed E-state index contributed by atoms with van der Waals surface area (Å²) >= 11 is 0. The molecular weight excluding hydrogens is 394 g/mol. The molecule has 1 aliphatic rings. The number of rotatable bonds is 6. The molecule has 0 saturated heterocycles. The fourth-order valence-corrected chi connectivity index (χ4v) is 3.51. The predicted molar refractivity (Wildman–Crippen MR) is 114 cm³/mol. The van der Waals surface area contributed by atoms with Crippen LogP contribution < -0.4 is 10.6 Å². The molecule has 3 aromatic heterocycles. The van der Waals surface area contributed by atoms with Crippen molar-refractivity contribution in [1.29, 1.82) is 0 Å². The van der Waals surface area contributed by atoms with Gasteiger partial charge in [0.15, 0.2) is 0 Å². The van der Waals surface area contributed by atoms with Gasteiger partial charge in [0.25, 0.3) is 5.89 Å². The van der Waals surface area contributed by atoms with Crippen LogP contribution in [0, 0.1) is 6.92 Å². The van der Waals surface area contributed by atoms with E-state index in [0.29, 0.717) is 23.3 Å². The zero-order chi connectivity index (χ0) is 21.4. The van der Waals surface area contributed by atoms with Gasteiger partial charge >= 0.3 is 5.91 Å². The number of anilines is 2. The van der Waals surface area contributed by atoms with Crippen molar-refractivity contribution in [3.05, 3.63) is 72.1 Å². The monoisotopic (exact) mass is 415 g/mol. The molecule has 5 rings (SSSR count). The van der Waals surface area contributed by atoms with Crippen molar-refractivity contribution in [2.45, 2.75) is 25.3 Å². The Kier molecular flexibility index (Phi) is 4.70. The van der Waals surface area contributed by atoms with Gasteiger partial charge in [0, 0.05) is 31.3 Å². The van der Waals surface area contributed by atoms with Gasteiger partial charge in [-0.15, -0.1) is 0 Å². The van der Waals surface area contributed by atoms with Crippen molar-refractivity contribution in [2.24, 2.45) is 7.05 Å². The number of benzene rings is 1. The first-order chi connectivity index (χ1) is 15.1. The Balaban J connectivity index is 1.29. The van der Waals surface area contributed by atoms with Crippen molar-refractivity contribution in [2.75, 3.05) is 5.32 Å². The highest BCUT2D eigenvalue weighted by Gasteiger charge is 2.40. The summed E-state index contributed by atoms with van der Waals surface area (Å²) in [6.45, 7) is 1.88. The van der Waals surface area contributed by atoms with E-state index >= 15 is 0 Å². The molecule has 31 heavy (non-hydrogen) atoms. The summed E-state index contributed by atoms with van der Waals surface area (Å²) in [4.78, 5) is 25.8. The number of carbonyl (C=O) groups excluding carboxylic acids is 1. The summed E-state index contributed by atoms with van der Waals surface area (Å²) in [5.74, 6) is 1.20. The second kappa shape index (κ2) is 7.67. The molecule has 2 N–H and O–H groups in total. The summed E-state index contributed by atoms with van der Waals surface area (Å²) in [6, 6.07) is 12.1. The minimum absolute atomic E-state index is 0.0212. The Morgan fingerprint density at radius 2 is 2.03 bits per heavy atom. The summed E-state index contributed by atoms with van der Waals surface area (Å²) in [5, 5.41) is 10.2. The van der Waals surface area contributed by atoms with Gasteiger partial charge in [0.05, 0.1) is 6.20 Å². The molecule has 9 nitrogen and oxygen atoms in total.